The van der Waals surface area contributed by atoms with Gasteiger partial charge in [-0.05, 0) is 43.4 Å². The molecule has 1 atom stereocenters. The molecule has 18 heavy (non-hydrogen) atoms. The van der Waals surface area contributed by atoms with Gasteiger partial charge in [-0.25, -0.2) is 4.39 Å². The molecule has 1 aromatic rings. The number of aliphatic hydroxyl groups is 1. The van der Waals surface area contributed by atoms with E-state index in [2.05, 4.69) is 0 Å². The third kappa shape index (κ3) is 3.11. The average molecular weight is 250 g/mol. The van der Waals surface area contributed by atoms with Gasteiger partial charge in [0.25, 0.3) is 0 Å². The summed E-state index contributed by atoms with van der Waals surface area (Å²) in [5.41, 5.74) is 2.29. The Morgan fingerprint density at radius 1 is 1.22 bits per heavy atom. The van der Waals surface area contributed by atoms with Crippen LogP contribution in [0.3, 0.4) is 0 Å². The van der Waals surface area contributed by atoms with E-state index < -0.39 is 6.10 Å². The number of benzene rings is 1. The molecule has 0 radical (unpaired) electrons. The molecule has 0 heterocycles. The normalized spacial score (nSPS) is 18.9. The minimum absolute atomic E-state index is 0.254. The quantitative estimate of drug-likeness (QED) is 0.840. The van der Waals surface area contributed by atoms with Gasteiger partial charge in [-0.15, -0.1) is 0 Å². The van der Waals surface area contributed by atoms with Crippen molar-refractivity contribution < 1.29 is 9.50 Å². The number of aliphatic hydroxyl groups excluding tert-OH is 1. The van der Waals surface area contributed by atoms with Crippen molar-refractivity contribution in [1.82, 2.24) is 0 Å². The van der Waals surface area contributed by atoms with Crippen molar-refractivity contribution in [3.05, 3.63) is 34.6 Å². The van der Waals surface area contributed by atoms with Crippen molar-refractivity contribution >= 4 is 0 Å². The molecule has 1 nitrogen and oxygen atoms in total. The molecule has 1 fully saturated rings. The Kier molecular flexibility index (Phi) is 4.39. The van der Waals surface area contributed by atoms with Gasteiger partial charge in [0.2, 0.25) is 0 Å². The zero-order valence-corrected chi connectivity index (χ0v) is 11.4. The summed E-state index contributed by atoms with van der Waals surface area (Å²) >= 11 is 0. The smallest absolute Gasteiger partial charge is 0.129 e. The van der Waals surface area contributed by atoms with Crippen molar-refractivity contribution in [2.45, 2.75) is 58.5 Å². The summed E-state index contributed by atoms with van der Waals surface area (Å²) in [5, 5.41) is 10.3. The summed E-state index contributed by atoms with van der Waals surface area (Å²) in [4.78, 5) is 0. The molecule has 1 unspecified atom stereocenters. The first-order valence-corrected chi connectivity index (χ1v) is 7.02. The second-order valence-corrected chi connectivity index (χ2v) is 5.73. The molecule has 1 aromatic carbocycles. The highest BCUT2D eigenvalue weighted by atomic mass is 19.1. The summed E-state index contributed by atoms with van der Waals surface area (Å²) in [6, 6.07) is 3.47. The highest BCUT2D eigenvalue weighted by Crippen LogP contribution is 2.33. The molecule has 0 saturated heterocycles. The molecule has 100 valence electrons. The molecule has 1 aliphatic rings. The minimum Gasteiger partial charge on any atom is -0.388 e. The summed E-state index contributed by atoms with van der Waals surface area (Å²) < 4.78 is 14.0. The highest BCUT2D eigenvalue weighted by Gasteiger charge is 2.22. The van der Waals surface area contributed by atoms with Crippen molar-refractivity contribution in [3.8, 4) is 0 Å². The van der Waals surface area contributed by atoms with Gasteiger partial charge in [0.15, 0.2) is 0 Å². The number of hydrogen-bond acceptors (Lipinski definition) is 1. The summed E-state index contributed by atoms with van der Waals surface area (Å²) in [6.45, 7) is 3.77. The molecular formula is C16H23FO. The van der Waals surface area contributed by atoms with Gasteiger partial charge in [-0.1, -0.05) is 38.2 Å². The largest absolute Gasteiger partial charge is 0.388 e. The standard InChI is InChI=1S/C16H23FO/c1-11-8-12(2)16(14(17)9-11)15(18)10-13-6-4-3-5-7-13/h8-9,13,15,18H,3-7,10H2,1-2H3. The van der Waals surface area contributed by atoms with Crippen molar-refractivity contribution in [2.75, 3.05) is 0 Å². The lowest BCUT2D eigenvalue weighted by Gasteiger charge is -2.25. The van der Waals surface area contributed by atoms with Crippen LogP contribution >= 0.6 is 0 Å². The van der Waals surface area contributed by atoms with E-state index >= 15 is 0 Å². The zero-order valence-electron chi connectivity index (χ0n) is 11.4. The van der Waals surface area contributed by atoms with E-state index in [1.165, 1.54) is 38.2 Å². The number of aryl methyl sites for hydroxylation is 2. The van der Waals surface area contributed by atoms with E-state index in [1.807, 2.05) is 19.9 Å². The first-order valence-electron chi connectivity index (χ1n) is 7.02. The number of hydrogen-bond donors (Lipinski definition) is 1. The minimum atomic E-state index is -0.645. The van der Waals surface area contributed by atoms with Gasteiger partial charge in [-0.3, -0.25) is 0 Å². The van der Waals surface area contributed by atoms with E-state index in [0.29, 0.717) is 17.9 Å². The van der Waals surface area contributed by atoms with Crippen molar-refractivity contribution in [3.63, 3.8) is 0 Å². The first-order chi connectivity index (χ1) is 8.58. The van der Waals surface area contributed by atoms with Gasteiger partial charge in [-0.2, -0.15) is 0 Å². The predicted octanol–water partition coefficient (Wildman–Crippen LogP) is 4.45. The molecule has 1 N–H and O–H groups in total. The van der Waals surface area contributed by atoms with Crippen LogP contribution in [0.15, 0.2) is 12.1 Å². The van der Waals surface area contributed by atoms with Crippen molar-refractivity contribution in [1.29, 1.82) is 0 Å². The lowest BCUT2D eigenvalue weighted by Crippen LogP contribution is -2.13. The summed E-state index contributed by atoms with van der Waals surface area (Å²) in [5.74, 6) is 0.310. The molecular weight excluding hydrogens is 227 g/mol. The molecule has 2 rings (SSSR count). The van der Waals surface area contributed by atoms with E-state index in [0.717, 1.165) is 11.1 Å². The van der Waals surface area contributed by atoms with Crippen LogP contribution in [-0.2, 0) is 0 Å². The molecule has 2 heteroatoms. The maximum Gasteiger partial charge on any atom is 0.129 e. The first kappa shape index (κ1) is 13.5. The predicted molar refractivity (Wildman–Crippen MR) is 72.0 cm³/mol. The van der Waals surface area contributed by atoms with Crippen LogP contribution in [0.4, 0.5) is 4.39 Å². The summed E-state index contributed by atoms with van der Waals surface area (Å²) in [7, 11) is 0. The fourth-order valence-electron chi connectivity index (χ4n) is 3.21. The Labute approximate surface area is 109 Å². The Morgan fingerprint density at radius 2 is 1.89 bits per heavy atom. The van der Waals surface area contributed by atoms with Gasteiger partial charge in [0.1, 0.15) is 5.82 Å². The van der Waals surface area contributed by atoms with Crippen LogP contribution < -0.4 is 0 Å². The molecule has 0 amide bonds. The average Bonchev–Trinajstić information content (AvgIpc) is 2.28. The Bertz CT molecular complexity index is 385. The zero-order chi connectivity index (χ0) is 13.1. The van der Waals surface area contributed by atoms with Crippen molar-refractivity contribution in [2.24, 2.45) is 5.92 Å². The Morgan fingerprint density at radius 3 is 2.50 bits per heavy atom. The highest BCUT2D eigenvalue weighted by molar-refractivity contribution is 5.33. The number of halogens is 1. The SMILES string of the molecule is Cc1cc(C)c(C(O)CC2CCCCC2)c(F)c1. The molecule has 1 saturated carbocycles. The maximum absolute atomic E-state index is 14.0. The van der Waals surface area contributed by atoms with Crippen LogP contribution in [0.1, 0.15) is 61.3 Å². The molecule has 1 aliphatic carbocycles. The van der Waals surface area contributed by atoms with Gasteiger partial charge >= 0.3 is 0 Å². The van der Waals surface area contributed by atoms with Gasteiger partial charge < -0.3 is 5.11 Å². The van der Waals surface area contributed by atoms with Crippen LogP contribution in [0.2, 0.25) is 0 Å². The van der Waals surface area contributed by atoms with Gasteiger partial charge in [0.05, 0.1) is 6.10 Å². The second kappa shape index (κ2) is 5.83. The van der Waals surface area contributed by atoms with Crippen LogP contribution in [-0.4, -0.2) is 5.11 Å². The van der Waals surface area contributed by atoms with Crippen LogP contribution in [0, 0.1) is 25.6 Å². The molecule has 0 aliphatic heterocycles. The van der Waals surface area contributed by atoms with E-state index in [-0.39, 0.29) is 5.82 Å². The maximum atomic E-state index is 14.0. The van der Waals surface area contributed by atoms with E-state index in [9.17, 15) is 9.50 Å². The second-order valence-electron chi connectivity index (χ2n) is 5.73. The summed E-state index contributed by atoms with van der Waals surface area (Å²) in [6.07, 6.45) is 6.26. The van der Waals surface area contributed by atoms with Crippen LogP contribution in [0.25, 0.3) is 0 Å². The molecule has 0 bridgehead atoms. The van der Waals surface area contributed by atoms with Crippen LogP contribution in [0.5, 0.6) is 0 Å². The fraction of sp³-hybridized carbons (Fsp3) is 0.625. The third-order valence-corrected chi connectivity index (χ3v) is 4.10. The Hall–Kier alpha value is -0.890. The third-order valence-electron chi connectivity index (χ3n) is 4.10. The lowest BCUT2D eigenvalue weighted by atomic mass is 9.83. The molecule has 0 spiro atoms. The lowest BCUT2D eigenvalue weighted by molar-refractivity contribution is 0.127. The fourth-order valence-corrected chi connectivity index (χ4v) is 3.21. The van der Waals surface area contributed by atoms with E-state index in [4.69, 9.17) is 0 Å². The Balaban J connectivity index is 2.10. The molecule has 0 aromatic heterocycles. The topological polar surface area (TPSA) is 20.2 Å². The van der Waals surface area contributed by atoms with E-state index in [1.54, 1.807) is 0 Å². The number of rotatable bonds is 3. The van der Waals surface area contributed by atoms with Gasteiger partial charge in [0, 0.05) is 5.56 Å². The monoisotopic (exact) mass is 250 g/mol.